The Bertz CT molecular complexity index is 470. The number of isocyanates is 1. The fourth-order valence-electron chi connectivity index (χ4n) is 2.09. The summed E-state index contributed by atoms with van der Waals surface area (Å²) in [6.45, 7) is 0. The van der Waals surface area contributed by atoms with Gasteiger partial charge in [0.2, 0.25) is 6.08 Å². The van der Waals surface area contributed by atoms with Gasteiger partial charge in [-0.05, 0) is 43.2 Å². The first-order valence-electron chi connectivity index (χ1n) is 5.25. The lowest BCUT2D eigenvalue weighted by Crippen LogP contribution is -2.32. The Hall–Kier alpha value is -1.19. The zero-order chi connectivity index (χ0) is 12.5. The Labute approximate surface area is 102 Å². The van der Waals surface area contributed by atoms with E-state index in [9.17, 15) is 13.6 Å². The summed E-state index contributed by atoms with van der Waals surface area (Å²) < 4.78 is 27.3. The molecule has 5 heteroatoms. The lowest BCUT2D eigenvalue weighted by atomic mass is 9.72. The minimum atomic E-state index is -0.750. The first-order valence-corrected chi connectivity index (χ1v) is 6.48. The normalized spacial score (nSPS) is 17.1. The second-order valence-corrected chi connectivity index (χ2v) is 4.88. The number of rotatable bonds is 3. The lowest BCUT2D eigenvalue weighted by molar-refractivity contribution is 0.253. The number of carbonyl (C=O) groups excluding carboxylic acids is 1. The van der Waals surface area contributed by atoms with Crippen molar-refractivity contribution in [3.63, 3.8) is 0 Å². The molecule has 0 unspecified atom stereocenters. The van der Waals surface area contributed by atoms with Crippen molar-refractivity contribution in [1.82, 2.24) is 0 Å². The number of hydrogen-bond donors (Lipinski definition) is 0. The van der Waals surface area contributed by atoms with E-state index in [4.69, 9.17) is 0 Å². The Morgan fingerprint density at radius 3 is 2.29 bits per heavy atom. The molecule has 90 valence electrons. The molecule has 0 heterocycles. The lowest BCUT2D eigenvalue weighted by Gasteiger charge is -2.37. The van der Waals surface area contributed by atoms with Crippen LogP contribution in [-0.4, -0.2) is 12.3 Å². The van der Waals surface area contributed by atoms with Crippen LogP contribution in [0.4, 0.5) is 8.78 Å². The molecule has 2 nitrogen and oxygen atoms in total. The van der Waals surface area contributed by atoms with E-state index in [0.717, 1.165) is 18.2 Å². The summed E-state index contributed by atoms with van der Waals surface area (Å²) in [6.07, 6.45) is 5.30. The first kappa shape index (κ1) is 12.3. The highest BCUT2D eigenvalue weighted by Gasteiger charge is 2.39. The molecule has 1 aliphatic rings. The zero-order valence-corrected chi connectivity index (χ0v) is 10.1. The highest BCUT2D eigenvalue weighted by atomic mass is 32.2. The van der Waals surface area contributed by atoms with Crippen molar-refractivity contribution in [3.05, 3.63) is 29.3 Å². The maximum Gasteiger partial charge on any atom is 0.235 e. The van der Waals surface area contributed by atoms with Crippen LogP contribution in [0.1, 0.15) is 24.8 Å². The van der Waals surface area contributed by atoms with Gasteiger partial charge in [0, 0.05) is 0 Å². The zero-order valence-electron chi connectivity index (χ0n) is 9.30. The predicted octanol–water partition coefficient (Wildman–Crippen LogP) is 3.40. The summed E-state index contributed by atoms with van der Waals surface area (Å²) in [5.74, 6) is -1.19. The van der Waals surface area contributed by atoms with E-state index < -0.39 is 17.2 Å². The molecule has 1 aliphatic carbocycles. The second kappa shape index (κ2) is 4.59. The first-order chi connectivity index (χ1) is 8.13. The Morgan fingerprint density at radius 2 is 1.94 bits per heavy atom. The van der Waals surface area contributed by atoms with Gasteiger partial charge in [-0.2, -0.15) is 4.99 Å². The van der Waals surface area contributed by atoms with Gasteiger partial charge in [0.15, 0.2) is 0 Å². The van der Waals surface area contributed by atoms with Gasteiger partial charge in [0.25, 0.3) is 0 Å². The third-order valence-corrected chi connectivity index (χ3v) is 3.98. The van der Waals surface area contributed by atoms with Crippen LogP contribution in [-0.2, 0) is 10.3 Å². The molecule has 1 aromatic carbocycles. The number of halogens is 2. The van der Waals surface area contributed by atoms with Crippen LogP contribution in [0.15, 0.2) is 22.0 Å². The van der Waals surface area contributed by atoms with E-state index in [2.05, 4.69) is 4.99 Å². The van der Waals surface area contributed by atoms with Crippen LogP contribution in [0.3, 0.4) is 0 Å². The molecule has 17 heavy (non-hydrogen) atoms. The molecule has 0 radical (unpaired) electrons. The number of nitrogens with zero attached hydrogens (tertiary/aromatic N) is 1. The minimum Gasteiger partial charge on any atom is -0.211 e. The fourth-order valence-corrected chi connectivity index (χ4v) is 2.60. The van der Waals surface area contributed by atoms with Gasteiger partial charge in [0.1, 0.15) is 11.6 Å². The van der Waals surface area contributed by atoms with Crippen molar-refractivity contribution >= 4 is 17.8 Å². The van der Waals surface area contributed by atoms with Gasteiger partial charge in [0.05, 0.1) is 10.4 Å². The summed E-state index contributed by atoms with van der Waals surface area (Å²) in [5, 5.41) is 0. The van der Waals surface area contributed by atoms with Crippen molar-refractivity contribution < 1.29 is 13.6 Å². The van der Waals surface area contributed by atoms with E-state index in [-0.39, 0.29) is 4.90 Å². The maximum absolute atomic E-state index is 13.6. The van der Waals surface area contributed by atoms with Gasteiger partial charge >= 0.3 is 0 Å². The number of hydrogen-bond acceptors (Lipinski definition) is 3. The molecule has 0 bridgehead atoms. The van der Waals surface area contributed by atoms with Crippen LogP contribution in [0.5, 0.6) is 0 Å². The van der Waals surface area contributed by atoms with E-state index >= 15 is 0 Å². The molecule has 0 atom stereocenters. The van der Waals surface area contributed by atoms with E-state index in [1.165, 1.54) is 18.2 Å². The highest BCUT2D eigenvalue weighted by Crippen LogP contribution is 2.45. The topological polar surface area (TPSA) is 29.4 Å². The van der Waals surface area contributed by atoms with Gasteiger partial charge in [-0.3, -0.25) is 0 Å². The van der Waals surface area contributed by atoms with Crippen LogP contribution in [0.25, 0.3) is 0 Å². The number of benzene rings is 1. The quantitative estimate of drug-likeness (QED) is 0.470. The Balaban J connectivity index is 2.49. The molecule has 2 rings (SSSR count). The predicted molar refractivity (Wildman–Crippen MR) is 61.8 cm³/mol. The molecular formula is C12H11F2NOS. The summed E-state index contributed by atoms with van der Waals surface area (Å²) in [5.41, 5.74) is -0.319. The van der Waals surface area contributed by atoms with Crippen molar-refractivity contribution in [2.24, 2.45) is 4.99 Å². The third kappa shape index (κ3) is 2.01. The van der Waals surface area contributed by atoms with Crippen molar-refractivity contribution in [1.29, 1.82) is 0 Å². The molecule has 0 aromatic heterocycles. The van der Waals surface area contributed by atoms with Crippen molar-refractivity contribution in [2.45, 2.75) is 29.7 Å². The van der Waals surface area contributed by atoms with Crippen LogP contribution < -0.4 is 0 Å². The smallest absolute Gasteiger partial charge is 0.211 e. The minimum absolute atomic E-state index is 0.00157. The average molecular weight is 255 g/mol. The number of aliphatic imine (C=N–C) groups is 1. The highest BCUT2D eigenvalue weighted by molar-refractivity contribution is 7.98. The molecule has 0 saturated heterocycles. The fraction of sp³-hybridized carbons (Fsp3) is 0.417. The summed E-state index contributed by atoms with van der Waals surface area (Å²) >= 11 is 1.02. The largest absolute Gasteiger partial charge is 0.235 e. The second-order valence-electron chi connectivity index (χ2n) is 4.06. The van der Waals surface area contributed by atoms with Gasteiger partial charge < -0.3 is 0 Å². The van der Waals surface area contributed by atoms with Crippen LogP contribution in [0.2, 0.25) is 0 Å². The van der Waals surface area contributed by atoms with Gasteiger partial charge in [-0.1, -0.05) is 0 Å². The molecule has 1 fully saturated rings. The van der Waals surface area contributed by atoms with Gasteiger partial charge in [-0.25, -0.2) is 13.6 Å². The standard InChI is InChI=1S/C12H11F2NOS/c1-17-11-9(13)5-8(6-10(11)14)12(15-7-16)3-2-4-12/h5-6H,2-4H2,1H3. The summed E-state index contributed by atoms with van der Waals surface area (Å²) in [6, 6.07) is 2.55. The third-order valence-electron chi connectivity index (χ3n) is 3.18. The molecule has 0 N–H and O–H groups in total. The Morgan fingerprint density at radius 1 is 1.35 bits per heavy atom. The summed E-state index contributed by atoms with van der Waals surface area (Å²) in [7, 11) is 0. The number of thioether (sulfide) groups is 1. The molecule has 0 spiro atoms. The SMILES string of the molecule is CSc1c(F)cc(C2(N=C=O)CCC2)cc1F. The van der Waals surface area contributed by atoms with E-state index in [1.54, 1.807) is 6.26 Å². The van der Waals surface area contributed by atoms with Crippen molar-refractivity contribution in [3.8, 4) is 0 Å². The molecular weight excluding hydrogens is 244 g/mol. The molecule has 0 amide bonds. The van der Waals surface area contributed by atoms with Crippen LogP contribution >= 0.6 is 11.8 Å². The van der Waals surface area contributed by atoms with E-state index in [0.29, 0.717) is 18.4 Å². The van der Waals surface area contributed by atoms with Gasteiger partial charge in [-0.15, -0.1) is 11.8 Å². The summed E-state index contributed by atoms with van der Waals surface area (Å²) in [4.78, 5) is 14.1. The molecule has 1 saturated carbocycles. The molecule has 0 aliphatic heterocycles. The maximum atomic E-state index is 13.6. The van der Waals surface area contributed by atoms with E-state index in [1.807, 2.05) is 0 Å². The monoisotopic (exact) mass is 255 g/mol. The molecule has 1 aromatic rings. The van der Waals surface area contributed by atoms with Crippen LogP contribution in [0, 0.1) is 11.6 Å². The van der Waals surface area contributed by atoms with Crippen molar-refractivity contribution in [2.75, 3.05) is 6.26 Å². The Kier molecular flexibility index (Phi) is 3.31. The average Bonchev–Trinajstić information content (AvgIpc) is 2.23.